The number of rotatable bonds is 6. The molecule has 0 heterocycles. The van der Waals surface area contributed by atoms with Crippen molar-refractivity contribution >= 4 is 17.2 Å². The first kappa shape index (κ1) is 14.9. The molecule has 0 bridgehead atoms. The van der Waals surface area contributed by atoms with E-state index in [1.165, 1.54) is 18.2 Å². The molecule has 0 aliphatic heterocycles. The second-order valence-electron chi connectivity index (χ2n) is 4.00. The number of hydrogen-bond donors (Lipinski definition) is 1. The fourth-order valence-electron chi connectivity index (χ4n) is 1.72. The van der Waals surface area contributed by atoms with Crippen molar-refractivity contribution in [1.29, 1.82) is 0 Å². The van der Waals surface area contributed by atoms with Crippen LogP contribution in [-0.4, -0.2) is 40.5 Å². The lowest BCUT2D eigenvalue weighted by Crippen LogP contribution is -2.25. The summed E-state index contributed by atoms with van der Waals surface area (Å²) in [7, 11) is 0. The number of aromatic hydroxyl groups is 1. The fraction of sp³-hybridized carbons (Fsp3) is 0.385. The molecule has 1 aromatic carbocycles. The number of phenolic OH excluding ortho intramolecular Hbond substituents is 1. The van der Waals surface area contributed by atoms with Gasteiger partial charge in [-0.2, -0.15) is 0 Å². The van der Waals surface area contributed by atoms with Gasteiger partial charge in [0.05, 0.1) is 10.5 Å². The largest absolute Gasteiger partial charge is 0.507 e. The minimum atomic E-state index is -0.567. The Morgan fingerprint density at radius 3 is 2.53 bits per heavy atom. The van der Waals surface area contributed by atoms with Gasteiger partial charge in [0.2, 0.25) is 0 Å². The molecule has 6 nitrogen and oxygen atoms in total. The van der Waals surface area contributed by atoms with Crippen molar-refractivity contribution in [3.63, 3.8) is 0 Å². The summed E-state index contributed by atoms with van der Waals surface area (Å²) in [6.45, 7) is 5.65. The van der Waals surface area contributed by atoms with Crippen LogP contribution in [0.25, 0.3) is 5.57 Å². The summed E-state index contributed by atoms with van der Waals surface area (Å²) in [6.07, 6.45) is 0. The monoisotopic (exact) mass is 264 g/mol. The van der Waals surface area contributed by atoms with Crippen LogP contribution in [0.2, 0.25) is 0 Å². The Morgan fingerprint density at radius 2 is 2.05 bits per heavy atom. The summed E-state index contributed by atoms with van der Waals surface area (Å²) in [4.78, 5) is 23.1. The lowest BCUT2D eigenvalue weighted by molar-refractivity contribution is -0.384. The molecule has 0 unspecified atom stereocenters. The van der Waals surface area contributed by atoms with Gasteiger partial charge in [-0.05, 0) is 19.2 Å². The van der Waals surface area contributed by atoms with Crippen LogP contribution in [0, 0.1) is 10.1 Å². The quantitative estimate of drug-likeness (QED) is 0.481. The second kappa shape index (κ2) is 6.68. The van der Waals surface area contributed by atoms with Gasteiger partial charge in [0, 0.05) is 24.2 Å². The molecule has 102 valence electrons. The molecule has 6 heteroatoms. The highest BCUT2D eigenvalue weighted by molar-refractivity contribution is 5.91. The summed E-state index contributed by atoms with van der Waals surface area (Å²) in [5.41, 5.74) is 0.209. The van der Waals surface area contributed by atoms with Crippen molar-refractivity contribution < 1.29 is 14.8 Å². The van der Waals surface area contributed by atoms with Crippen molar-refractivity contribution in [2.75, 3.05) is 19.6 Å². The van der Waals surface area contributed by atoms with E-state index in [9.17, 15) is 20.0 Å². The molecule has 0 aromatic heterocycles. The third-order valence-corrected chi connectivity index (χ3v) is 2.92. The molecule has 0 aliphatic carbocycles. The maximum atomic E-state index is 11.0. The van der Waals surface area contributed by atoms with E-state index in [4.69, 9.17) is 0 Å². The van der Waals surface area contributed by atoms with Crippen molar-refractivity contribution in [3.05, 3.63) is 33.9 Å². The van der Waals surface area contributed by atoms with E-state index in [2.05, 4.69) is 0 Å². The zero-order valence-corrected chi connectivity index (χ0v) is 10.9. The molecule has 0 amide bonds. The lowest BCUT2D eigenvalue weighted by Gasteiger charge is -2.18. The van der Waals surface area contributed by atoms with Gasteiger partial charge >= 0.3 is 0 Å². The maximum absolute atomic E-state index is 11.0. The van der Waals surface area contributed by atoms with Gasteiger partial charge < -0.3 is 5.11 Å². The number of nitro groups is 1. The Bertz CT molecular complexity index is 517. The summed E-state index contributed by atoms with van der Waals surface area (Å²) >= 11 is 0. The molecule has 1 rings (SSSR count). The van der Waals surface area contributed by atoms with Crippen LogP contribution >= 0.6 is 0 Å². The number of likely N-dealkylation sites (N-methyl/N-ethyl adjacent to an activating group) is 1. The Labute approximate surface area is 111 Å². The van der Waals surface area contributed by atoms with Crippen molar-refractivity contribution in [1.82, 2.24) is 4.90 Å². The van der Waals surface area contributed by atoms with Gasteiger partial charge in [-0.15, -0.1) is 0 Å². The molecule has 0 saturated carbocycles. The molecule has 0 spiro atoms. The van der Waals surface area contributed by atoms with E-state index in [1.54, 1.807) is 5.94 Å². The Hall–Kier alpha value is -2.17. The predicted molar refractivity (Wildman–Crippen MR) is 71.6 cm³/mol. The Kier molecular flexibility index (Phi) is 5.23. The highest BCUT2D eigenvalue weighted by Crippen LogP contribution is 2.28. The Balaban J connectivity index is 3.15. The van der Waals surface area contributed by atoms with Gasteiger partial charge in [-0.25, -0.2) is 4.79 Å². The van der Waals surface area contributed by atoms with Gasteiger partial charge in [0.25, 0.3) is 5.69 Å². The highest BCUT2D eigenvalue weighted by Gasteiger charge is 2.16. The standard InChI is InChI=1S/C13H16N2O4/c1-3-14(4-2)8-10(9-16)12-7-11(15(18)19)5-6-13(12)17/h5-7,17H,3-4,8H2,1-2H3. The summed E-state index contributed by atoms with van der Waals surface area (Å²) in [5, 5.41) is 20.5. The zero-order chi connectivity index (χ0) is 14.4. The van der Waals surface area contributed by atoms with Crippen molar-refractivity contribution in [2.45, 2.75) is 13.8 Å². The molecule has 0 aliphatic rings. The van der Waals surface area contributed by atoms with Crippen LogP contribution in [0.15, 0.2) is 18.2 Å². The van der Waals surface area contributed by atoms with Crippen LogP contribution in [0.3, 0.4) is 0 Å². The fourth-order valence-corrected chi connectivity index (χ4v) is 1.72. The highest BCUT2D eigenvalue weighted by atomic mass is 16.6. The number of nitro benzene ring substituents is 1. The van der Waals surface area contributed by atoms with Crippen LogP contribution in [0.5, 0.6) is 5.75 Å². The van der Waals surface area contributed by atoms with E-state index in [-0.39, 0.29) is 22.6 Å². The topological polar surface area (TPSA) is 83.7 Å². The average Bonchev–Trinajstić information content (AvgIpc) is 2.41. The average molecular weight is 264 g/mol. The van der Waals surface area contributed by atoms with E-state index in [0.29, 0.717) is 6.54 Å². The lowest BCUT2D eigenvalue weighted by atomic mass is 10.0. The Morgan fingerprint density at radius 1 is 1.42 bits per heavy atom. The SMILES string of the molecule is CCN(CC)CC(=C=O)c1cc([N+](=O)[O-])ccc1O. The van der Waals surface area contributed by atoms with Gasteiger partial charge in [0.1, 0.15) is 11.7 Å². The number of phenols is 1. The predicted octanol–water partition coefficient (Wildman–Crippen LogP) is 1.86. The van der Waals surface area contributed by atoms with E-state index < -0.39 is 4.92 Å². The number of carbonyl (C=O) groups excluding carboxylic acids is 1. The molecule has 0 saturated heterocycles. The number of non-ortho nitro benzene ring substituents is 1. The van der Waals surface area contributed by atoms with Crippen LogP contribution in [-0.2, 0) is 4.79 Å². The maximum Gasteiger partial charge on any atom is 0.270 e. The second-order valence-corrected chi connectivity index (χ2v) is 4.00. The van der Waals surface area contributed by atoms with Crippen LogP contribution in [0.1, 0.15) is 19.4 Å². The van der Waals surface area contributed by atoms with Crippen LogP contribution < -0.4 is 0 Å². The van der Waals surface area contributed by atoms with E-state index in [1.807, 2.05) is 18.7 Å². The molecule has 19 heavy (non-hydrogen) atoms. The minimum Gasteiger partial charge on any atom is -0.507 e. The molecule has 0 atom stereocenters. The molecular weight excluding hydrogens is 248 g/mol. The van der Waals surface area contributed by atoms with Gasteiger partial charge in [-0.1, -0.05) is 13.8 Å². The van der Waals surface area contributed by atoms with Crippen molar-refractivity contribution in [2.24, 2.45) is 0 Å². The summed E-state index contributed by atoms with van der Waals surface area (Å²) in [6, 6.07) is 3.60. The van der Waals surface area contributed by atoms with Crippen LogP contribution in [0.4, 0.5) is 5.69 Å². The summed E-state index contributed by atoms with van der Waals surface area (Å²) < 4.78 is 0. The van der Waals surface area contributed by atoms with E-state index >= 15 is 0 Å². The molecule has 0 radical (unpaired) electrons. The zero-order valence-electron chi connectivity index (χ0n) is 10.9. The molecule has 0 fully saturated rings. The van der Waals surface area contributed by atoms with Gasteiger partial charge in [-0.3, -0.25) is 15.0 Å². The van der Waals surface area contributed by atoms with Crippen molar-refractivity contribution in [3.8, 4) is 5.75 Å². The molecule has 1 aromatic rings. The van der Waals surface area contributed by atoms with Gasteiger partial charge in [0.15, 0.2) is 0 Å². The smallest absolute Gasteiger partial charge is 0.270 e. The molecular formula is C13H16N2O4. The number of benzene rings is 1. The first-order valence-electron chi connectivity index (χ1n) is 5.97. The number of nitrogens with zero attached hydrogens (tertiary/aromatic N) is 2. The molecule has 1 N–H and O–H groups in total. The first-order valence-corrected chi connectivity index (χ1v) is 5.97. The number of hydrogen-bond acceptors (Lipinski definition) is 5. The minimum absolute atomic E-state index is 0.156. The first-order chi connectivity index (χ1) is 9.03. The normalized spacial score (nSPS) is 10.3. The summed E-state index contributed by atoms with van der Waals surface area (Å²) in [5.74, 6) is 1.61. The third-order valence-electron chi connectivity index (χ3n) is 2.92. The third kappa shape index (κ3) is 3.64. The van der Waals surface area contributed by atoms with E-state index in [0.717, 1.165) is 13.1 Å².